The van der Waals surface area contributed by atoms with Gasteiger partial charge in [0.15, 0.2) is 0 Å². The molecule has 3 N–H and O–H groups in total. The Balaban J connectivity index is 2.85. The predicted molar refractivity (Wildman–Crippen MR) is 66.1 cm³/mol. The topological polar surface area (TPSA) is 72.5 Å². The molecule has 0 fully saturated rings. The van der Waals surface area contributed by atoms with Crippen molar-refractivity contribution in [2.24, 2.45) is 5.73 Å². The van der Waals surface area contributed by atoms with Gasteiger partial charge in [-0.25, -0.2) is 0 Å². The molecule has 0 aliphatic rings. The van der Waals surface area contributed by atoms with Crippen LogP contribution in [0.2, 0.25) is 0 Å². The Morgan fingerprint density at radius 3 is 2.82 bits per heavy atom. The van der Waals surface area contributed by atoms with Crippen molar-refractivity contribution in [2.75, 3.05) is 6.61 Å². The molecule has 1 rings (SSSR count). The quantitative estimate of drug-likeness (QED) is 0.796. The number of hydrogen-bond acceptors (Lipinski definition) is 3. The summed E-state index contributed by atoms with van der Waals surface area (Å²) < 4.78 is 5.49. The van der Waals surface area contributed by atoms with Crippen LogP contribution in [0.15, 0.2) is 18.2 Å². The molecule has 0 aromatic heterocycles. The Hall–Kier alpha value is -1.55. The number of ether oxygens (including phenoxy) is 1. The molecular formula is C13H19NO3. The van der Waals surface area contributed by atoms with Crippen molar-refractivity contribution in [1.82, 2.24) is 0 Å². The van der Waals surface area contributed by atoms with Gasteiger partial charge in [0.25, 0.3) is 0 Å². The lowest BCUT2D eigenvalue weighted by Crippen LogP contribution is -2.14. The second-order valence-electron chi connectivity index (χ2n) is 4.01. The molecular weight excluding hydrogens is 218 g/mol. The lowest BCUT2D eigenvalue weighted by atomic mass is 10.00. The highest BCUT2D eigenvalue weighted by molar-refractivity contribution is 5.66. The van der Waals surface area contributed by atoms with Gasteiger partial charge in [0.1, 0.15) is 5.75 Å². The van der Waals surface area contributed by atoms with Gasteiger partial charge in [-0.1, -0.05) is 17.7 Å². The molecule has 0 bridgehead atoms. The number of aliphatic carboxylic acids is 1. The SMILES string of the molecule is CCOc1ccc(C)cc1C(N)CCC(=O)O. The van der Waals surface area contributed by atoms with Gasteiger partial charge < -0.3 is 15.6 Å². The lowest BCUT2D eigenvalue weighted by Gasteiger charge is -2.16. The van der Waals surface area contributed by atoms with Crippen LogP contribution in [-0.4, -0.2) is 17.7 Å². The van der Waals surface area contributed by atoms with Crippen LogP contribution in [0.1, 0.15) is 36.9 Å². The number of carboxylic acids is 1. The molecule has 17 heavy (non-hydrogen) atoms. The molecule has 1 atom stereocenters. The Morgan fingerprint density at radius 2 is 2.24 bits per heavy atom. The summed E-state index contributed by atoms with van der Waals surface area (Å²) >= 11 is 0. The molecule has 0 spiro atoms. The summed E-state index contributed by atoms with van der Waals surface area (Å²) in [5, 5.41) is 8.65. The molecule has 0 saturated heterocycles. The number of carboxylic acid groups (broad SMARTS) is 1. The number of aryl methyl sites for hydroxylation is 1. The van der Waals surface area contributed by atoms with Crippen LogP contribution in [0.5, 0.6) is 5.75 Å². The molecule has 94 valence electrons. The van der Waals surface area contributed by atoms with Gasteiger partial charge in [-0.15, -0.1) is 0 Å². The molecule has 4 heteroatoms. The van der Waals surface area contributed by atoms with Crippen molar-refractivity contribution in [1.29, 1.82) is 0 Å². The first-order chi connectivity index (χ1) is 8.04. The Morgan fingerprint density at radius 1 is 1.53 bits per heavy atom. The summed E-state index contributed by atoms with van der Waals surface area (Å²) in [5.74, 6) is -0.0814. The molecule has 0 aliphatic carbocycles. The normalized spacial score (nSPS) is 12.2. The molecule has 4 nitrogen and oxygen atoms in total. The Bertz CT molecular complexity index is 390. The summed E-state index contributed by atoms with van der Waals surface area (Å²) in [4.78, 5) is 10.5. The Labute approximate surface area is 101 Å². The van der Waals surface area contributed by atoms with Crippen LogP contribution in [0.4, 0.5) is 0 Å². The van der Waals surface area contributed by atoms with E-state index in [0.717, 1.165) is 16.9 Å². The van der Waals surface area contributed by atoms with Gasteiger partial charge in [0.2, 0.25) is 0 Å². The number of carbonyl (C=O) groups is 1. The monoisotopic (exact) mass is 237 g/mol. The van der Waals surface area contributed by atoms with E-state index in [-0.39, 0.29) is 12.5 Å². The highest BCUT2D eigenvalue weighted by Crippen LogP contribution is 2.27. The van der Waals surface area contributed by atoms with Gasteiger partial charge in [-0.2, -0.15) is 0 Å². The third kappa shape index (κ3) is 4.07. The molecule has 0 radical (unpaired) electrons. The molecule has 1 aromatic rings. The lowest BCUT2D eigenvalue weighted by molar-refractivity contribution is -0.137. The second-order valence-corrected chi connectivity index (χ2v) is 4.01. The van der Waals surface area contributed by atoms with Gasteiger partial charge in [-0.05, 0) is 26.3 Å². The molecule has 0 amide bonds. The van der Waals surface area contributed by atoms with E-state index in [4.69, 9.17) is 15.6 Å². The third-order valence-electron chi connectivity index (χ3n) is 2.53. The van der Waals surface area contributed by atoms with E-state index in [1.165, 1.54) is 0 Å². The van der Waals surface area contributed by atoms with E-state index >= 15 is 0 Å². The summed E-state index contributed by atoms with van der Waals surface area (Å²) in [6.45, 7) is 4.46. The average Bonchev–Trinajstić information content (AvgIpc) is 2.28. The first kappa shape index (κ1) is 13.5. The summed E-state index contributed by atoms with van der Waals surface area (Å²) in [6.07, 6.45) is 0.486. The van der Waals surface area contributed by atoms with Crippen molar-refractivity contribution in [3.05, 3.63) is 29.3 Å². The van der Waals surface area contributed by atoms with E-state index in [0.29, 0.717) is 13.0 Å². The molecule has 1 unspecified atom stereocenters. The molecule has 0 heterocycles. The zero-order valence-electron chi connectivity index (χ0n) is 10.3. The minimum atomic E-state index is -0.828. The maximum absolute atomic E-state index is 10.5. The first-order valence-electron chi connectivity index (χ1n) is 5.75. The minimum absolute atomic E-state index is 0.0701. The number of rotatable bonds is 6. The Kier molecular flexibility index (Phi) is 4.97. The van der Waals surface area contributed by atoms with Crippen LogP contribution in [0.3, 0.4) is 0 Å². The van der Waals surface area contributed by atoms with E-state index < -0.39 is 5.97 Å². The van der Waals surface area contributed by atoms with E-state index in [1.807, 2.05) is 32.0 Å². The average molecular weight is 237 g/mol. The van der Waals surface area contributed by atoms with Crippen molar-refractivity contribution < 1.29 is 14.6 Å². The largest absolute Gasteiger partial charge is 0.494 e. The van der Waals surface area contributed by atoms with Crippen LogP contribution < -0.4 is 10.5 Å². The third-order valence-corrected chi connectivity index (χ3v) is 2.53. The molecule has 0 aliphatic heterocycles. The van der Waals surface area contributed by atoms with Crippen molar-refractivity contribution in [2.45, 2.75) is 32.7 Å². The maximum Gasteiger partial charge on any atom is 0.303 e. The van der Waals surface area contributed by atoms with Gasteiger partial charge in [0.05, 0.1) is 6.61 Å². The van der Waals surface area contributed by atoms with E-state index in [9.17, 15) is 4.79 Å². The van der Waals surface area contributed by atoms with E-state index in [2.05, 4.69) is 0 Å². The molecule has 0 saturated carbocycles. The zero-order chi connectivity index (χ0) is 12.8. The van der Waals surface area contributed by atoms with Crippen molar-refractivity contribution in [3.63, 3.8) is 0 Å². The van der Waals surface area contributed by atoms with E-state index in [1.54, 1.807) is 0 Å². The number of nitrogens with two attached hydrogens (primary N) is 1. The number of benzene rings is 1. The van der Waals surface area contributed by atoms with Crippen LogP contribution in [-0.2, 0) is 4.79 Å². The smallest absolute Gasteiger partial charge is 0.303 e. The summed E-state index contributed by atoms with van der Waals surface area (Å²) in [5.41, 5.74) is 7.97. The fourth-order valence-corrected chi connectivity index (χ4v) is 1.68. The highest BCUT2D eigenvalue weighted by atomic mass is 16.5. The van der Waals surface area contributed by atoms with Gasteiger partial charge >= 0.3 is 5.97 Å². The van der Waals surface area contributed by atoms with Gasteiger partial charge in [0, 0.05) is 18.0 Å². The molecule has 1 aromatic carbocycles. The zero-order valence-corrected chi connectivity index (χ0v) is 10.3. The van der Waals surface area contributed by atoms with Crippen molar-refractivity contribution in [3.8, 4) is 5.75 Å². The number of hydrogen-bond donors (Lipinski definition) is 2. The summed E-state index contributed by atoms with van der Waals surface area (Å²) in [7, 11) is 0. The highest BCUT2D eigenvalue weighted by Gasteiger charge is 2.13. The first-order valence-corrected chi connectivity index (χ1v) is 5.75. The standard InChI is InChI=1S/C13H19NO3/c1-3-17-12-6-4-9(2)8-10(12)11(14)5-7-13(15)16/h4,6,8,11H,3,5,7,14H2,1-2H3,(H,15,16). The minimum Gasteiger partial charge on any atom is -0.494 e. The van der Waals surface area contributed by atoms with Gasteiger partial charge in [-0.3, -0.25) is 4.79 Å². The van der Waals surface area contributed by atoms with Crippen LogP contribution in [0.25, 0.3) is 0 Å². The van der Waals surface area contributed by atoms with Crippen LogP contribution in [0, 0.1) is 6.92 Å². The fourth-order valence-electron chi connectivity index (χ4n) is 1.68. The summed E-state index contributed by atoms with van der Waals surface area (Å²) in [6, 6.07) is 5.50. The fraction of sp³-hybridized carbons (Fsp3) is 0.462. The second kappa shape index (κ2) is 6.25. The maximum atomic E-state index is 10.5. The van der Waals surface area contributed by atoms with Crippen LogP contribution >= 0.6 is 0 Å². The predicted octanol–water partition coefficient (Wildman–Crippen LogP) is 2.26. The van der Waals surface area contributed by atoms with Crippen molar-refractivity contribution >= 4 is 5.97 Å².